The summed E-state index contributed by atoms with van der Waals surface area (Å²) >= 11 is 0. The third-order valence-corrected chi connectivity index (χ3v) is 17.0. The van der Waals surface area contributed by atoms with E-state index in [1.807, 2.05) is 0 Å². The molecule has 4 aliphatic heterocycles. The summed E-state index contributed by atoms with van der Waals surface area (Å²) in [4.78, 5) is 23.5. The van der Waals surface area contributed by atoms with Crippen LogP contribution in [0.2, 0.25) is 0 Å². The molecule has 4 rings (SSSR count). The lowest BCUT2D eigenvalue weighted by molar-refractivity contribution is -0.221. The Morgan fingerprint density at radius 2 is 0.678 bits per heavy atom. The molecule has 54 heteroatoms. The van der Waals surface area contributed by atoms with Crippen LogP contribution >= 0.6 is 0 Å². The molecular weight excluding hydrogens is 1420 g/mol. The van der Waals surface area contributed by atoms with Gasteiger partial charge in [0, 0.05) is 37.9 Å². The summed E-state index contributed by atoms with van der Waals surface area (Å²) in [7, 11) is -42.4. The van der Waals surface area contributed by atoms with Crippen molar-refractivity contribution in [2.45, 2.75) is 124 Å². The van der Waals surface area contributed by atoms with Crippen molar-refractivity contribution in [3.63, 3.8) is 0 Å². The van der Waals surface area contributed by atoms with Crippen LogP contribution in [0, 0.1) is 23.7 Å². The van der Waals surface area contributed by atoms with Gasteiger partial charge in [-0.05, 0) is 12.8 Å². The van der Waals surface area contributed by atoms with Crippen LogP contribution in [0.5, 0.6) is 0 Å². The molecule has 4 fully saturated rings. The molecular formula is C36H58N2O44S8-8. The fourth-order valence-electron chi connectivity index (χ4n) is 9.83. The van der Waals surface area contributed by atoms with Crippen molar-refractivity contribution in [2.24, 2.45) is 23.7 Å². The van der Waals surface area contributed by atoms with Crippen LogP contribution in [-0.4, -0.2) is 301 Å². The fraction of sp³-hybridized carbons (Fsp3) is 0.944. The second-order valence-corrected chi connectivity index (χ2v) is 27.6. The molecule has 0 aromatic heterocycles. The zero-order valence-corrected chi connectivity index (χ0v) is 52.5. The predicted molar refractivity (Wildman–Crippen MR) is 265 cm³/mol. The van der Waals surface area contributed by atoms with Gasteiger partial charge in [-0.15, -0.1) is 0 Å². The van der Waals surface area contributed by atoms with Crippen LogP contribution in [0.1, 0.15) is 26.7 Å². The second kappa shape index (κ2) is 33.4. The molecule has 20 unspecified atom stereocenters. The number of rotatable bonds is 34. The van der Waals surface area contributed by atoms with Crippen molar-refractivity contribution < 1.29 is 197 Å². The van der Waals surface area contributed by atoms with E-state index in [-0.39, 0.29) is 12.8 Å². The highest BCUT2D eigenvalue weighted by Crippen LogP contribution is 2.37. The lowest BCUT2D eigenvalue weighted by atomic mass is 9.84. The summed E-state index contributed by atoms with van der Waals surface area (Å²) in [5.41, 5.74) is 0. The van der Waals surface area contributed by atoms with Crippen LogP contribution in [0.25, 0.3) is 0 Å². The first kappa shape index (κ1) is 81.7. The van der Waals surface area contributed by atoms with E-state index in [9.17, 15) is 134 Å². The molecule has 46 nitrogen and oxygen atoms in total. The van der Waals surface area contributed by atoms with Crippen LogP contribution < -0.4 is 9.44 Å². The van der Waals surface area contributed by atoms with E-state index in [4.69, 9.17) is 37.9 Å². The maximum atomic E-state index is 11.7. The highest BCUT2D eigenvalue weighted by molar-refractivity contribution is 7.84. The SMILES string of the molecule is CCC1C(C(=O)O)OC(COCC2C(COS(=O)(=O)[O-])OC(COC)C(NS(=O)(=O)[O-])C2OS(=O)(=O)[O-])C(OS(=O)(=O)[O-])C1O.CCC1C(C(=O)O)OC(COCC2C(COS(=O)(=O)[O-])OC(COC)C(NS(=O)(=O)[O-])C2OS(=O)(=O)[O-])C(OS(=O)(=O)[O-])C1O. The van der Waals surface area contributed by atoms with Crippen LogP contribution in [0.4, 0.5) is 0 Å². The smallest absolute Gasteiger partial charge is 0.333 e. The monoisotopic (exact) mass is 1480 g/mol. The van der Waals surface area contributed by atoms with Gasteiger partial charge < -0.3 is 94.7 Å². The van der Waals surface area contributed by atoms with Gasteiger partial charge in [0.05, 0.1) is 89.4 Å². The lowest BCUT2D eigenvalue weighted by Crippen LogP contribution is -2.65. The Balaban J connectivity index is 0.000000470. The molecule has 4 saturated heterocycles. The summed E-state index contributed by atoms with van der Waals surface area (Å²) in [5, 5.41) is 40.3. The van der Waals surface area contributed by atoms with Gasteiger partial charge in [0.1, 0.15) is 48.8 Å². The number of aliphatic carboxylic acids is 2. The third kappa shape index (κ3) is 27.3. The minimum absolute atomic E-state index is 0.101. The normalized spacial score (nSPS) is 33.6. The van der Waals surface area contributed by atoms with E-state index in [1.165, 1.54) is 23.3 Å². The van der Waals surface area contributed by atoms with E-state index in [1.54, 1.807) is 0 Å². The van der Waals surface area contributed by atoms with Crippen molar-refractivity contribution >= 4 is 94.9 Å². The van der Waals surface area contributed by atoms with Gasteiger partial charge in [0.25, 0.3) is 0 Å². The van der Waals surface area contributed by atoms with Gasteiger partial charge in [0.15, 0.2) is 32.8 Å². The number of hydrogen-bond acceptors (Lipinski definition) is 42. The molecule has 90 heavy (non-hydrogen) atoms. The molecule has 0 aromatic carbocycles. The zero-order valence-electron chi connectivity index (χ0n) is 46.0. The maximum Gasteiger partial charge on any atom is 0.333 e. The second-order valence-electron chi connectivity index (χ2n) is 19.2. The predicted octanol–water partition coefficient (Wildman–Crippen LogP) is -10.3. The van der Waals surface area contributed by atoms with Gasteiger partial charge in [-0.3, -0.25) is 25.1 Å². The number of methoxy groups -OCH3 is 2. The number of carboxylic acid groups (broad SMARTS) is 2. The van der Waals surface area contributed by atoms with Crippen molar-refractivity contribution in [1.82, 2.24) is 9.44 Å². The Morgan fingerprint density at radius 3 is 0.911 bits per heavy atom. The molecule has 0 aromatic rings. The van der Waals surface area contributed by atoms with Gasteiger partial charge in [-0.2, -0.15) is 0 Å². The summed E-state index contributed by atoms with van der Waals surface area (Å²) in [6, 6.07) is -4.11. The Morgan fingerprint density at radius 1 is 0.389 bits per heavy atom. The fourth-order valence-corrected chi connectivity index (χ4v) is 13.8. The number of aliphatic hydroxyl groups is 2. The number of hydrogen-bond donors (Lipinski definition) is 6. The number of nitrogens with one attached hydrogen (secondary N) is 2. The van der Waals surface area contributed by atoms with E-state index in [0.29, 0.717) is 0 Å². The van der Waals surface area contributed by atoms with E-state index < -0.39 is 269 Å². The van der Waals surface area contributed by atoms with E-state index in [0.717, 1.165) is 14.2 Å². The molecule has 532 valence electrons. The van der Waals surface area contributed by atoms with Crippen molar-refractivity contribution in [2.75, 3.05) is 67.1 Å². The highest BCUT2D eigenvalue weighted by Gasteiger charge is 2.54. The van der Waals surface area contributed by atoms with Gasteiger partial charge >= 0.3 is 11.9 Å². The summed E-state index contributed by atoms with van der Waals surface area (Å²) in [6.07, 6.45) is -27.0. The standard InChI is InChI=1S/2C18H33NO22S4/c2*1-3-8-14(20)17(41-45(32,33)34)12(39-16(8)18(21)22)6-36-4-9-10(7-37-43(26,27)28)38-11(5-35-2)13(19-42(23,24)25)15(9)40-44(29,30)31/h2*8-17,19-20H,3-7H2,1-2H3,(H,21,22)(H,23,24,25)(H,26,27,28)(H,29,30,31)(H,32,33,34)/p-8. The molecule has 4 heterocycles. The van der Waals surface area contributed by atoms with Gasteiger partial charge in [-0.1, -0.05) is 13.8 Å². The summed E-state index contributed by atoms with van der Waals surface area (Å²) in [6.45, 7) is -4.90. The molecule has 0 saturated carbocycles. The van der Waals surface area contributed by atoms with Crippen molar-refractivity contribution in [3.8, 4) is 0 Å². The molecule has 20 atom stereocenters. The topological polar surface area (TPSA) is 726 Å². The average Bonchev–Trinajstić information content (AvgIpc) is 0.852. The van der Waals surface area contributed by atoms with Gasteiger partial charge in [-0.25, -0.2) is 86.4 Å². The van der Waals surface area contributed by atoms with Crippen LogP contribution in [-0.2, 0) is 156 Å². The zero-order chi connectivity index (χ0) is 69.1. The molecule has 6 N–H and O–H groups in total. The first-order chi connectivity index (χ1) is 40.9. The first-order valence-corrected chi connectivity index (χ1v) is 35.5. The number of aliphatic hydroxyl groups excluding tert-OH is 2. The Kier molecular flexibility index (Phi) is 30.4. The summed E-state index contributed by atoms with van der Waals surface area (Å²) in [5.74, 6) is -9.47. The first-order valence-electron chi connectivity index (χ1n) is 24.7. The minimum Gasteiger partial charge on any atom is -0.735 e. The number of ether oxygens (including phenoxy) is 8. The van der Waals surface area contributed by atoms with Crippen molar-refractivity contribution in [1.29, 1.82) is 0 Å². The Bertz CT molecular complexity index is 3080. The molecule has 0 aliphatic carbocycles. The average molecular weight is 1480 g/mol. The summed E-state index contributed by atoms with van der Waals surface area (Å²) < 4.78 is 344. The number of carbonyl (C=O) groups is 2. The quantitative estimate of drug-likeness (QED) is 0.0257. The van der Waals surface area contributed by atoms with Gasteiger partial charge in [0.2, 0.25) is 62.4 Å². The number of carboxylic acids is 2. The maximum absolute atomic E-state index is 11.7. The van der Waals surface area contributed by atoms with Crippen LogP contribution in [0.15, 0.2) is 0 Å². The third-order valence-electron chi connectivity index (χ3n) is 13.2. The van der Waals surface area contributed by atoms with E-state index in [2.05, 4.69) is 25.1 Å². The van der Waals surface area contributed by atoms with Crippen molar-refractivity contribution in [3.05, 3.63) is 0 Å². The molecule has 0 amide bonds. The van der Waals surface area contributed by atoms with Crippen LogP contribution in [0.3, 0.4) is 0 Å². The molecule has 0 spiro atoms. The molecule has 0 radical (unpaired) electrons. The van der Waals surface area contributed by atoms with E-state index >= 15 is 0 Å². The minimum atomic E-state index is -5.76. The lowest BCUT2D eigenvalue weighted by Gasteiger charge is -2.47. The molecule has 0 bridgehead atoms. The Hall–Kier alpha value is -2.50. The largest absolute Gasteiger partial charge is 0.735 e. The Labute approximate surface area is 513 Å². The highest BCUT2D eigenvalue weighted by atomic mass is 32.3. The molecule has 4 aliphatic rings.